The average molecular weight is 296 g/mol. The fourth-order valence-corrected chi connectivity index (χ4v) is 2.45. The molecular formula is C14H18ClN3O2. The summed E-state index contributed by atoms with van der Waals surface area (Å²) in [6.07, 6.45) is 0. The van der Waals surface area contributed by atoms with Crippen molar-refractivity contribution in [3.05, 3.63) is 22.7 Å². The summed E-state index contributed by atoms with van der Waals surface area (Å²) < 4.78 is 10.7. The van der Waals surface area contributed by atoms with Crippen LogP contribution in [0.15, 0.2) is 12.1 Å². The quantitative estimate of drug-likeness (QED) is 0.669. The summed E-state index contributed by atoms with van der Waals surface area (Å²) >= 11 is 6.19. The van der Waals surface area contributed by atoms with Crippen molar-refractivity contribution in [3.63, 3.8) is 0 Å². The van der Waals surface area contributed by atoms with Crippen molar-refractivity contribution in [2.75, 3.05) is 19.6 Å². The molecule has 1 aromatic carbocycles. The summed E-state index contributed by atoms with van der Waals surface area (Å²) in [5.41, 5.74) is 4.25. The van der Waals surface area contributed by atoms with Gasteiger partial charge in [0.1, 0.15) is 17.1 Å². The molecular weight excluding hydrogens is 278 g/mol. The lowest BCUT2D eigenvalue weighted by Crippen LogP contribution is -2.12. The molecule has 0 unspecified atom stereocenters. The van der Waals surface area contributed by atoms with Gasteiger partial charge in [-0.2, -0.15) is 0 Å². The lowest BCUT2D eigenvalue weighted by molar-refractivity contribution is 0.410. The smallest absolute Gasteiger partial charge is 0.164 e. The number of ether oxygens (including phenoxy) is 2. The number of nitrogens with one attached hydrogen (secondary N) is 1. The number of nitrogens with zero attached hydrogens (tertiary/aromatic N) is 1. The Morgan fingerprint density at radius 3 is 2.45 bits per heavy atom. The first-order chi connectivity index (χ1) is 9.53. The average Bonchev–Trinajstić information content (AvgIpc) is 2.44. The SMILES string of the molecule is COc1cc(Cl)c(OC)c2nc(NN)c(C(C)C)cc12. The first kappa shape index (κ1) is 14.7. The van der Waals surface area contributed by atoms with Gasteiger partial charge in [-0.25, -0.2) is 10.8 Å². The standard InChI is InChI=1S/C14H18ClN3O2/c1-7(2)8-5-9-11(19-3)6-10(15)13(20-4)12(9)17-14(8)18-16/h5-7H,16H2,1-4H3,(H,17,18). The number of halogens is 1. The van der Waals surface area contributed by atoms with E-state index in [1.54, 1.807) is 20.3 Å². The topological polar surface area (TPSA) is 69.4 Å². The van der Waals surface area contributed by atoms with Gasteiger partial charge in [-0.05, 0) is 17.5 Å². The Hall–Kier alpha value is -1.72. The van der Waals surface area contributed by atoms with Crippen LogP contribution in [0.3, 0.4) is 0 Å². The van der Waals surface area contributed by atoms with Crippen LogP contribution < -0.4 is 20.7 Å². The molecule has 3 N–H and O–H groups in total. The summed E-state index contributed by atoms with van der Waals surface area (Å²) in [4.78, 5) is 4.53. The number of aromatic nitrogens is 1. The number of anilines is 1. The highest BCUT2D eigenvalue weighted by atomic mass is 35.5. The van der Waals surface area contributed by atoms with Gasteiger partial charge in [0.2, 0.25) is 0 Å². The van der Waals surface area contributed by atoms with Crippen molar-refractivity contribution in [1.82, 2.24) is 4.98 Å². The van der Waals surface area contributed by atoms with E-state index >= 15 is 0 Å². The van der Waals surface area contributed by atoms with Crippen LogP contribution in [0.25, 0.3) is 10.9 Å². The second-order valence-electron chi connectivity index (χ2n) is 4.72. The number of methoxy groups -OCH3 is 2. The van der Waals surface area contributed by atoms with E-state index in [0.717, 1.165) is 10.9 Å². The highest BCUT2D eigenvalue weighted by molar-refractivity contribution is 6.33. The molecule has 6 heteroatoms. The third-order valence-electron chi connectivity index (χ3n) is 3.19. The van der Waals surface area contributed by atoms with Crippen molar-refractivity contribution < 1.29 is 9.47 Å². The normalized spacial score (nSPS) is 10.9. The van der Waals surface area contributed by atoms with Crippen molar-refractivity contribution in [2.45, 2.75) is 19.8 Å². The second kappa shape index (κ2) is 5.73. The zero-order chi connectivity index (χ0) is 14.9. The van der Waals surface area contributed by atoms with Crippen LogP contribution in [0.2, 0.25) is 5.02 Å². The zero-order valence-corrected chi connectivity index (χ0v) is 12.7. The summed E-state index contributed by atoms with van der Waals surface area (Å²) in [6.45, 7) is 4.15. The molecule has 0 aliphatic rings. The van der Waals surface area contributed by atoms with Crippen molar-refractivity contribution in [1.29, 1.82) is 0 Å². The number of hydrogen-bond acceptors (Lipinski definition) is 5. The first-order valence-electron chi connectivity index (χ1n) is 6.25. The van der Waals surface area contributed by atoms with Gasteiger partial charge in [0.05, 0.1) is 19.2 Å². The molecule has 0 saturated carbocycles. The summed E-state index contributed by atoms with van der Waals surface area (Å²) in [5, 5.41) is 1.29. The van der Waals surface area contributed by atoms with Crippen molar-refractivity contribution in [2.24, 2.45) is 5.84 Å². The van der Waals surface area contributed by atoms with Crippen LogP contribution in [-0.4, -0.2) is 19.2 Å². The van der Waals surface area contributed by atoms with Gasteiger partial charge < -0.3 is 14.9 Å². The minimum Gasteiger partial charge on any atom is -0.496 e. The Kier molecular flexibility index (Phi) is 4.20. The molecule has 0 aliphatic carbocycles. The molecule has 2 aromatic rings. The highest BCUT2D eigenvalue weighted by Gasteiger charge is 2.18. The summed E-state index contributed by atoms with van der Waals surface area (Å²) in [5.74, 6) is 7.60. The van der Waals surface area contributed by atoms with Gasteiger partial charge in [0.25, 0.3) is 0 Å². The molecule has 20 heavy (non-hydrogen) atoms. The minimum absolute atomic E-state index is 0.268. The van der Waals surface area contributed by atoms with E-state index in [2.05, 4.69) is 24.3 Å². The number of fused-ring (bicyclic) bond motifs is 1. The molecule has 0 bridgehead atoms. The molecule has 1 aromatic heterocycles. The monoisotopic (exact) mass is 295 g/mol. The van der Waals surface area contributed by atoms with Crippen LogP contribution in [0, 0.1) is 0 Å². The van der Waals surface area contributed by atoms with E-state index in [-0.39, 0.29) is 5.92 Å². The van der Waals surface area contributed by atoms with Gasteiger partial charge in [-0.15, -0.1) is 0 Å². The lowest BCUT2D eigenvalue weighted by Gasteiger charge is -2.16. The Morgan fingerprint density at radius 1 is 1.25 bits per heavy atom. The predicted octanol–water partition coefficient (Wildman–Crippen LogP) is 3.31. The maximum Gasteiger partial charge on any atom is 0.164 e. The lowest BCUT2D eigenvalue weighted by atomic mass is 10.0. The number of nitrogen functional groups attached to an aromatic ring is 1. The number of hydrogen-bond donors (Lipinski definition) is 2. The molecule has 0 amide bonds. The Balaban J connectivity index is 2.89. The molecule has 0 atom stereocenters. The molecule has 0 fully saturated rings. The number of pyridine rings is 1. The van der Waals surface area contributed by atoms with Crippen molar-refractivity contribution in [3.8, 4) is 11.5 Å². The van der Waals surface area contributed by atoms with E-state index in [9.17, 15) is 0 Å². The molecule has 0 spiro atoms. The Bertz CT molecular complexity index is 644. The van der Waals surface area contributed by atoms with Crippen molar-refractivity contribution >= 4 is 28.3 Å². The van der Waals surface area contributed by atoms with Gasteiger partial charge >= 0.3 is 0 Å². The third kappa shape index (κ3) is 2.34. The van der Waals surface area contributed by atoms with E-state index in [1.165, 1.54) is 0 Å². The molecule has 0 radical (unpaired) electrons. The molecule has 0 aliphatic heterocycles. The summed E-state index contributed by atoms with van der Waals surface area (Å²) in [6, 6.07) is 3.73. The van der Waals surface area contributed by atoms with Gasteiger partial charge in [0, 0.05) is 11.5 Å². The van der Waals surface area contributed by atoms with E-state index in [0.29, 0.717) is 27.9 Å². The fourth-order valence-electron chi connectivity index (χ4n) is 2.18. The van der Waals surface area contributed by atoms with Crippen LogP contribution in [0.5, 0.6) is 11.5 Å². The molecule has 0 saturated heterocycles. The number of benzene rings is 1. The Morgan fingerprint density at radius 2 is 1.95 bits per heavy atom. The van der Waals surface area contributed by atoms with E-state index in [4.69, 9.17) is 26.9 Å². The molecule has 2 rings (SSSR count). The predicted molar refractivity (Wildman–Crippen MR) is 81.8 cm³/mol. The second-order valence-corrected chi connectivity index (χ2v) is 5.12. The van der Waals surface area contributed by atoms with Gasteiger partial charge in [0.15, 0.2) is 5.75 Å². The van der Waals surface area contributed by atoms with Gasteiger partial charge in [-0.1, -0.05) is 25.4 Å². The van der Waals surface area contributed by atoms with Crippen LogP contribution in [0.1, 0.15) is 25.3 Å². The fraction of sp³-hybridized carbons (Fsp3) is 0.357. The highest BCUT2D eigenvalue weighted by Crippen LogP contribution is 2.40. The number of hydrazine groups is 1. The number of nitrogens with two attached hydrogens (primary N) is 1. The number of rotatable bonds is 4. The van der Waals surface area contributed by atoms with E-state index in [1.807, 2.05) is 6.07 Å². The largest absolute Gasteiger partial charge is 0.496 e. The Labute approximate surface area is 123 Å². The maximum absolute atomic E-state index is 6.19. The molecule has 5 nitrogen and oxygen atoms in total. The van der Waals surface area contributed by atoms with Crippen LogP contribution in [-0.2, 0) is 0 Å². The molecule has 108 valence electrons. The van der Waals surface area contributed by atoms with Crippen LogP contribution >= 0.6 is 11.6 Å². The molecule has 1 heterocycles. The van der Waals surface area contributed by atoms with E-state index < -0.39 is 0 Å². The minimum atomic E-state index is 0.268. The third-order valence-corrected chi connectivity index (χ3v) is 3.47. The maximum atomic E-state index is 6.19. The zero-order valence-electron chi connectivity index (χ0n) is 12.0. The van der Waals surface area contributed by atoms with Crippen LogP contribution in [0.4, 0.5) is 5.82 Å². The first-order valence-corrected chi connectivity index (χ1v) is 6.63. The summed E-state index contributed by atoms with van der Waals surface area (Å²) in [7, 11) is 3.16. The van der Waals surface area contributed by atoms with Gasteiger partial charge in [-0.3, -0.25) is 0 Å².